The van der Waals surface area contributed by atoms with Crippen molar-refractivity contribution in [1.82, 2.24) is 19.7 Å². The van der Waals surface area contributed by atoms with Crippen molar-refractivity contribution in [2.75, 3.05) is 6.61 Å². The molecule has 1 saturated heterocycles. The van der Waals surface area contributed by atoms with E-state index in [4.69, 9.17) is 9.72 Å². The minimum absolute atomic E-state index is 0.0677. The van der Waals surface area contributed by atoms with Crippen LogP contribution in [0.2, 0.25) is 0 Å². The van der Waals surface area contributed by atoms with E-state index < -0.39 is 0 Å². The molecule has 0 aromatic carbocycles. The van der Waals surface area contributed by atoms with Gasteiger partial charge < -0.3 is 9.72 Å². The molecule has 1 aliphatic carbocycles. The molecule has 2 fully saturated rings. The van der Waals surface area contributed by atoms with Crippen LogP contribution in [0.4, 0.5) is 0 Å². The summed E-state index contributed by atoms with van der Waals surface area (Å²) in [6.07, 6.45) is 8.10. The molecule has 2 aromatic heterocycles. The number of H-pyrrole nitrogens is 1. The second-order valence-electron chi connectivity index (χ2n) is 7.59. The Hall–Kier alpha value is -1.69. The normalized spacial score (nSPS) is 24.7. The van der Waals surface area contributed by atoms with Gasteiger partial charge in [-0.05, 0) is 32.6 Å². The number of aromatic nitrogens is 4. The maximum atomic E-state index is 12.3. The van der Waals surface area contributed by atoms with Crippen molar-refractivity contribution in [3.05, 3.63) is 22.4 Å². The molecule has 6 heteroatoms. The third kappa shape index (κ3) is 2.80. The van der Waals surface area contributed by atoms with E-state index in [2.05, 4.69) is 23.9 Å². The zero-order chi connectivity index (χ0) is 16.0. The molecule has 1 N–H and O–H groups in total. The minimum atomic E-state index is -0.156. The van der Waals surface area contributed by atoms with E-state index in [-0.39, 0.29) is 17.2 Å². The smallest absolute Gasteiger partial charge is 0.262 e. The lowest BCUT2D eigenvalue weighted by atomic mass is 9.83. The van der Waals surface area contributed by atoms with Crippen LogP contribution < -0.4 is 5.56 Å². The van der Waals surface area contributed by atoms with Crippen LogP contribution >= 0.6 is 0 Å². The largest absolute Gasteiger partial charge is 0.375 e. The third-order valence-corrected chi connectivity index (χ3v) is 5.24. The molecule has 6 nitrogen and oxygen atoms in total. The van der Waals surface area contributed by atoms with Gasteiger partial charge in [-0.2, -0.15) is 5.10 Å². The molecule has 0 bridgehead atoms. The number of hydrogen-bond acceptors (Lipinski definition) is 4. The fourth-order valence-corrected chi connectivity index (χ4v) is 3.72. The Labute approximate surface area is 135 Å². The van der Waals surface area contributed by atoms with Gasteiger partial charge in [-0.15, -0.1) is 0 Å². The number of nitrogens with one attached hydrogen (secondary N) is 1. The summed E-state index contributed by atoms with van der Waals surface area (Å²) in [5.41, 5.74) is 0.504. The van der Waals surface area contributed by atoms with E-state index in [0.717, 1.165) is 37.3 Å². The van der Waals surface area contributed by atoms with Crippen molar-refractivity contribution < 1.29 is 4.74 Å². The highest BCUT2D eigenvalue weighted by molar-refractivity contribution is 5.73. The molecular formula is C17H24N4O2. The van der Waals surface area contributed by atoms with Gasteiger partial charge in [0.25, 0.3) is 5.56 Å². The van der Waals surface area contributed by atoms with Crippen LogP contribution in [0.1, 0.15) is 57.8 Å². The van der Waals surface area contributed by atoms with Crippen LogP contribution in [0.15, 0.2) is 11.0 Å². The quantitative estimate of drug-likeness (QED) is 0.944. The van der Waals surface area contributed by atoms with Crippen LogP contribution in [0.3, 0.4) is 0 Å². The van der Waals surface area contributed by atoms with Crippen molar-refractivity contribution in [1.29, 1.82) is 0 Å². The van der Waals surface area contributed by atoms with Gasteiger partial charge >= 0.3 is 0 Å². The molecule has 124 valence electrons. The third-order valence-electron chi connectivity index (χ3n) is 5.24. The number of rotatable bonds is 3. The Bertz CT molecular complexity index is 772. The van der Waals surface area contributed by atoms with Crippen molar-refractivity contribution in [3.63, 3.8) is 0 Å². The Morgan fingerprint density at radius 2 is 2.22 bits per heavy atom. The fraction of sp³-hybridized carbons (Fsp3) is 0.706. The molecular weight excluding hydrogens is 292 g/mol. The van der Waals surface area contributed by atoms with Crippen LogP contribution in [0.25, 0.3) is 11.0 Å². The first-order valence-electron chi connectivity index (χ1n) is 8.62. The first kappa shape index (κ1) is 14.9. The molecule has 23 heavy (non-hydrogen) atoms. The first-order valence-corrected chi connectivity index (χ1v) is 8.62. The molecule has 2 aromatic rings. The predicted molar refractivity (Wildman–Crippen MR) is 87.5 cm³/mol. The summed E-state index contributed by atoms with van der Waals surface area (Å²) < 4.78 is 7.74. The maximum absolute atomic E-state index is 12.3. The summed E-state index contributed by atoms with van der Waals surface area (Å²) in [6, 6.07) is 0.238. The maximum Gasteiger partial charge on any atom is 0.262 e. The van der Waals surface area contributed by atoms with Gasteiger partial charge in [-0.25, -0.2) is 9.67 Å². The van der Waals surface area contributed by atoms with Crippen molar-refractivity contribution in [3.8, 4) is 0 Å². The summed E-state index contributed by atoms with van der Waals surface area (Å²) in [5.74, 6) is 1.48. The standard InChI is InChI=1S/C17H24N4O2/c1-17(2)9-12(6-7-23-17)21-15-13(10-18-21)16(22)20-14(19-15)8-11-4-3-5-11/h10-12H,3-9H2,1-2H3,(H,19,20,22). The van der Waals surface area contributed by atoms with E-state index in [0.29, 0.717) is 11.3 Å². The molecule has 2 aliphatic rings. The average molecular weight is 316 g/mol. The summed E-state index contributed by atoms with van der Waals surface area (Å²) in [5, 5.41) is 5.07. The van der Waals surface area contributed by atoms with E-state index in [1.165, 1.54) is 19.3 Å². The molecule has 4 rings (SSSR count). The second-order valence-corrected chi connectivity index (χ2v) is 7.59. The molecule has 0 spiro atoms. The number of fused-ring (bicyclic) bond motifs is 1. The Balaban J connectivity index is 1.70. The van der Waals surface area contributed by atoms with Gasteiger partial charge in [0.1, 0.15) is 11.2 Å². The highest BCUT2D eigenvalue weighted by Gasteiger charge is 2.31. The topological polar surface area (TPSA) is 72.8 Å². The lowest BCUT2D eigenvalue weighted by Crippen LogP contribution is -2.35. The van der Waals surface area contributed by atoms with Crippen LogP contribution in [0, 0.1) is 5.92 Å². The lowest BCUT2D eigenvalue weighted by Gasteiger charge is -2.35. The second kappa shape index (κ2) is 5.44. The zero-order valence-corrected chi connectivity index (χ0v) is 13.8. The van der Waals surface area contributed by atoms with E-state index in [1.54, 1.807) is 6.20 Å². The minimum Gasteiger partial charge on any atom is -0.375 e. The van der Waals surface area contributed by atoms with Crippen molar-refractivity contribution in [2.24, 2.45) is 5.92 Å². The van der Waals surface area contributed by atoms with E-state index in [1.807, 2.05) is 4.68 Å². The van der Waals surface area contributed by atoms with Gasteiger partial charge in [-0.1, -0.05) is 19.3 Å². The average Bonchev–Trinajstić information content (AvgIpc) is 2.86. The molecule has 1 aliphatic heterocycles. The highest BCUT2D eigenvalue weighted by atomic mass is 16.5. The van der Waals surface area contributed by atoms with Crippen LogP contribution in [0.5, 0.6) is 0 Å². The number of aromatic amines is 1. The number of nitrogens with zero attached hydrogens (tertiary/aromatic N) is 3. The Morgan fingerprint density at radius 1 is 1.39 bits per heavy atom. The number of hydrogen-bond donors (Lipinski definition) is 1. The van der Waals surface area contributed by atoms with Gasteiger partial charge in [0.15, 0.2) is 5.65 Å². The highest BCUT2D eigenvalue weighted by Crippen LogP contribution is 2.33. The molecule has 1 unspecified atom stereocenters. The first-order chi connectivity index (χ1) is 11.0. The summed E-state index contributed by atoms with van der Waals surface area (Å²) in [4.78, 5) is 20.0. The lowest BCUT2D eigenvalue weighted by molar-refractivity contribution is -0.0702. The van der Waals surface area contributed by atoms with Crippen molar-refractivity contribution >= 4 is 11.0 Å². The molecule has 1 atom stereocenters. The Kier molecular flexibility index (Phi) is 3.52. The molecule has 3 heterocycles. The van der Waals surface area contributed by atoms with Gasteiger partial charge in [0.2, 0.25) is 0 Å². The molecule has 0 radical (unpaired) electrons. The van der Waals surface area contributed by atoms with Gasteiger partial charge in [0.05, 0.1) is 17.8 Å². The van der Waals surface area contributed by atoms with Crippen LogP contribution in [-0.2, 0) is 11.2 Å². The number of ether oxygens (including phenoxy) is 1. The monoisotopic (exact) mass is 316 g/mol. The van der Waals surface area contributed by atoms with Crippen molar-refractivity contribution in [2.45, 2.75) is 64.0 Å². The SMILES string of the molecule is CC1(C)CC(n2ncc3c(=O)[nH]c(CC4CCC4)nc32)CCO1. The van der Waals surface area contributed by atoms with Gasteiger partial charge in [0, 0.05) is 13.0 Å². The molecule has 1 saturated carbocycles. The Morgan fingerprint density at radius 3 is 2.91 bits per heavy atom. The summed E-state index contributed by atoms with van der Waals surface area (Å²) in [6.45, 7) is 4.93. The predicted octanol–water partition coefficient (Wildman–Crippen LogP) is 2.59. The van der Waals surface area contributed by atoms with E-state index >= 15 is 0 Å². The summed E-state index contributed by atoms with van der Waals surface area (Å²) in [7, 11) is 0. The zero-order valence-electron chi connectivity index (χ0n) is 13.8. The summed E-state index contributed by atoms with van der Waals surface area (Å²) >= 11 is 0. The van der Waals surface area contributed by atoms with E-state index in [9.17, 15) is 4.79 Å². The molecule has 0 amide bonds. The van der Waals surface area contributed by atoms with Gasteiger partial charge in [-0.3, -0.25) is 4.79 Å². The fourth-order valence-electron chi connectivity index (χ4n) is 3.72. The van der Waals surface area contributed by atoms with Crippen LogP contribution in [-0.4, -0.2) is 32.0 Å².